The van der Waals surface area contributed by atoms with Crippen LogP contribution < -0.4 is 10.5 Å². The molecule has 0 aliphatic rings. The van der Waals surface area contributed by atoms with Gasteiger partial charge in [0.05, 0.1) is 18.7 Å². The molecule has 0 spiro atoms. The van der Waals surface area contributed by atoms with Gasteiger partial charge < -0.3 is 14.3 Å². The normalized spacial score (nSPS) is 12.5. The highest BCUT2D eigenvalue weighted by molar-refractivity contribution is 7.17. The van der Waals surface area contributed by atoms with Gasteiger partial charge >= 0.3 is 0 Å². The number of hydrogen-bond donors (Lipinski definition) is 2. The lowest BCUT2D eigenvalue weighted by molar-refractivity contribution is -0.908. The molecule has 0 aliphatic heterocycles. The maximum absolute atomic E-state index is 13.8. The van der Waals surface area contributed by atoms with Crippen molar-refractivity contribution in [3.8, 4) is 11.3 Å². The van der Waals surface area contributed by atoms with Gasteiger partial charge in [0.25, 0.3) is 5.56 Å². The van der Waals surface area contributed by atoms with E-state index in [1.54, 1.807) is 24.5 Å². The Labute approximate surface area is 152 Å². The Morgan fingerprint density at radius 1 is 1.23 bits per heavy atom. The maximum Gasteiger partial charge on any atom is 0.260 e. The van der Waals surface area contributed by atoms with Gasteiger partial charge in [-0.25, -0.2) is 9.37 Å². The number of thiophene rings is 1. The van der Waals surface area contributed by atoms with Gasteiger partial charge in [0.2, 0.25) is 0 Å². The van der Waals surface area contributed by atoms with E-state index in [4.69, 9.17) is 4.42 Å². The van der Waals surface area contributed by atoms with Crippen LogP contribution in [0.25, 0.3) is 21.5 Å². The van der Waals surface area contributed by atoms with E-state index in [9.17, 15) is 9.18 Å². The van der Waals surface area contributed by atoms with Crippen LogP contribution in [0, 0.1) is 5.82 Å². The second kappa shape index (κ2) is 6.86. The van der Waals surface area contributed by atoms with Crippen molar-refractivity contribution in [3.63, 3.8) is 0 Å². The number of halogens is 1. The second-order valence-electron chi connectivity index (χ2n) is 6.22. The molecule has 0 saturated heterocycles. The van der Waals surface area contributed by atoms with Gasteiger partial charge in [0.15, 0.2) is 5.82 Å². The lowest BCUT2D eigenvalue weighted by Crippen LogP contribution is -3.06. The summed E-state index contributed by atoms with van der Waals surface area (Å²) >= 11 is 1.41. The summed E-state index contributed by atoms with van der Waals surface area (Å²) in [5.74, 6) is 1.02. The quantitative estimate of drug-likeness (QED) is 0.568. The topological polar surface area (TPSA) is 63.3 Å². The minimum atomic E-state index is -0.217. The monoisotopic (exact) mass is 370 g/mol. The minimum Gasteiger partial charge on any atom is -0.464 e. The molecule has 7 heteroatoms. The first-order valence-electron chi connectivity index (χ1n) is 8.21. The smallest absolute Gasteiger partial charge is 0.260 e. The highest BCUT2D eigenvalue weighted by atomic mass is 32.1. The number of nitrogens with one attached hydrogen (secondary N) is 2. The summed E-state index contributed by atoms with van der Waals surface area (Å²) in [6, 6.07) is 10.3. The number of aromatic nitrogens is 2. The minimum absolute atomic E-state index is 0.184. The Bertz CT molecular complexity index is 1100. The van der Waals surface area contributed by atoms with Gasteiger partial charge in [-0.1, -0.05) is 18.2 Å². The van der Waals surface area contributed by atoms with E-state index in [0.29, 0.717) is 40.5 Å². The molecule has 0 fully saturated rings. The van der Waals surface area contributed by atoms with Gasteiger partial charge in [0.1, 0.15) is 29.5 Å². The van der Waals surface area contributed by atoms with Crippen molar-refractivity contribution in [2.75, 3.05) is 7.05 Å². The van der Waals surface area contributed by atoms with Gasteiger partial charge in [-0.05, 0) is 18.2 Å². The average Bonchev–Trinajstić information content (AvgIpc) is 3.26. The van der Waals surface area contributed by atoms with E-state index < -0.39 is 0 Å². The van der Waals surface area contributed by atoms with Gasteiger partial charge in [-0.2, -0.15) is 0 Å². The number of aromatic amines is 1. The van der Waals surface area contributed by atoms with Crippen molar-refractivity contribution in [1.82, 2.24) is 9.97 Å². The second-order valence-corrected chi connectivity index (χ2v) is 7.08. The van der Waals surface area contributed by atoms with Crippen molar-refractivity contribution in [3.05, 3.63) is 75.6 Å². The van der Waals surface area contributed by atoms with E-state index in [1.807, 2.05) is 24.6 Å². The van der Waals surface area contributed by atoms with Crippen LogP contribution in [-0.4, -0.2) is 17.0 Å². The Balaban J connectivity index is 1.60. The Kier molecular flexibility index (Phi) is 4.40. The van der Waals surface area contributed by atoms with Crippen LogP contribution in [0.5, 0.6) is 0 Å². The fraction of sp³-hybridized carbons (Fsp3) is 0.158. The first-order valence-corrected chi connectivity index (χ1v) is 9.09. The summed E-state index contributed by atoms with van der Waals surface area (Å²) in [4.78, 5) is 21.7. The van der Waals surface area contributed by atoms with E-state index >= 15 is 0 Å². The molecule has 3 aromatic heterocycles. The Morgan fingerprint density at radius 2 is 2.08 bits per heavy atom. The van der Waals surface area contributed by atoms with Crippen LogP contribution in [0.3, 0.4) is 0 Å². The van der Waals surface area contributed by atoms with Crippen molar-refractivity contribution in [1.29, 1.82) is 0 Å². The van der Waals surface area contributed by atoms with Crippen LogP contribution in [0.4, 0.5) is 4.39 Å². The summed E-state index contributed by atoms with van der Waals surface area (Å²) in [6.07, 6.45) is 1.58. The molecule has 0 amide bonds. The number of fused-ring (bicyclic) bond motifs is 1. The lowest BCUT2D eigenvalue weighted by atomic mass is 10.2. The first-order chi connectivity index (χ1) is 12.6. The fourth-order valence-electron chi connectivity index (χ4n) is 3.01. The lowest BCUT2D eigenvalue weighted by Gasteiger charge is -2.13. The predicted octanol–water partition coefficient (Wildman–Crippen LogP) is 2.60. The molecule has 0 radical (unpaired) electrons. The molecule has 4 rings (SSSR count). The fourth-order valence-corrected chi connectivity index (χ4v) is 3.95. The van der Waals surface area contributed by atoms with Crippen molar-refractivity contribution in [2.45, 2.75) is 13.1 Å². The molecule has 4 aromatic rings. The number of benzene rings is 1. The molecule has 26 heavy (non-hydrogen) atoms. The summed E-state index contributed by atoms with van der Waals surface area (Å²) < 4.78 is 19.2. The zero-order valence-corrected chi connectivity index (χ0v) is 14.9. The number of rotatable bonds is 5. The molecule has 0 saturated carbocycles. The number of nitrogens with zero attached hydrogens (tertiary/aromatic N) is 1. The average molecular weight is 370 g/mol. The summed E-state index contributed by atoms with van der Waals surface area (Å²) in [6.45, 7) is 1.00. The first kappa shape index (κ1) is 16.7. The maximum atomic E-state index is 13.8. The molecule has 5 nitrogen and oxygen atoms in total. The molecular weight excluding hydrogens is 353 g/mol. The molecule has 2 N–H and O–H groups in total. The van der Waals surface area contributed by atoms with Crippen molar-refractivity contribution >= 4 is 21.6 Å². The molecular formula is C19H17FN3O2S+. The third-order valence-corrected chi connectivity index (χ3v) is 5.07. The Hall–Kier alpha value is -2.77. The number of quaternary nitrogens is 1. The largest absolute Gasteiger partial charge is 0.464 e. The summed E-state index contributed by atoms with van der Waals surface area (Å²) in [5.41, 5.74) is 1.21. The van der Waals surface area contributed by atoms with E-state index in [0.717, 1.165) is 10.5 Å². The number of H-pyrrole nitrogens is 1. The molecule has 1 aromatic carbocycles. The van der Waals surface area contributed by atoms with Crippen LogP contribution >= 0.6 is 11.3 Å². The molecule has 0 bridgehead atoms. The van der Waals surface area contributed by atoms with E-state index in [-0.39, 0.29) is 11.4 Å². The van der Waals surface area contributed by atoms with E-state index in [2.05, 4.69) is 9.97 Å². The van der Waals surface area contributed by atoms with Crippen molar-refractivity contribution < 1.29 is 13.7 Å². The van der Waals surface area contributed by atoms with Crippen LogP contribution in [0.15, 0.2) is 57.3 Å². The number of furan rings is 1. The van der Waals surface area contributed by atoms with E-state index in [1.165, 1.54) is 17.4 Å². The third-order valence-electron chi connectivity index (χ3n) is 4.20. The highest BCUT2D eigenvalue weighted by Crippen LogP contribution is 2.30. The number of hydrogen-bond acceptors (Lipinski definition) is 4. The van der Waals surface area contributed by atoms with Crippen molar-refractivity contribution in [2.24, 2.45) is 0 Å². The van der Waals surface area contributed by atoms with Gasteiger partial charge in [-0.3, -0.25) is 4.79 Å². The van der Waals surface area contributed by atoms with Crippen LogP contribution in [-0.2, 0) is 13.1 Å². The molecule has 0 aliphatic carbocycles. The standard InChI is InChI=1S/C19H16FN3O2S/c1-23(9-12-5-2-3-6-14(12)20)10-16-21-18(24)17-13(11-26-19(17)22-16)15-7-4-8-25-15/h2-8,11H,9-10H2,1H3,(H,21,22,24)/p+1. The molecule has 132 valence electrons. The summed E-state index contributed by atoms with van der Waals surface area (Å²) in [7, 11) is 1.94. The highest BCUT2D eigenvalue weighted by Gasteiger charge is 2.16. The third kappa shape index (κ3) is 3.18. The molecule has 1 unspecified atom stereocenters. The predicted molar refractivity (Wildman–Crippen MR) is 98.6 cm³/mol. The van der Waals surface area contributed by atoms with Gasteiger partial charge in [-0.15, -0.1) is 11.3 Å². The zero-order valence-electron chi connectivity index (χ0n) is 14.1. The Morgan fingerprint density at radius 3 is 2.85 bits per heavy atom. The zero-order chi connectivity index (χ0) is 18.1. The molecule has 3 heterocycles. The summed E-state index contributed by atoms with van der Waals surface area (Å²) in [5, 5.41) is 2.42. The van der Waals surface area contributed by atoms with Crippen LogP contribution in [0.1, 0.15) is 11.4 Å². The SMILES string of the molecule is C[NH+](Cc1nc2scc(-c3ccco3)c2c(=O)[nH]1)Cc1ccccc1F. The van der Waals surface area contributed by atoms with Crippen LogP contribution in [0.2, 0.25) is 0 Å². The van der Waals surface area contributed by atoms with Gasteiger partial charge in [0, 0.05) is 16.5 Å². The molecule has 1 atom stereocenters.